The number of azide groups is 1. The third-order valence-corrected chi connectivity index (χ3v) is 7.14. The van der Waals surface area contributed by atoms with Crippen LogP contribution in [0.4, 0.5) is 0 Å². The van der Waals surface area contributed by atoms with Crippen molar-refractivity contribution in [2.75, 3.05) is 27.4 Å². The number of rotatable bonds is 14. The molecule has 3 aromatic rings. The highest BCUT2D eigenvalue weighted by Crippen LogP contribution is 2.34. The number of carbonyl (C=O) groups excluding carboxylic acids is 1. The number of nitrogens with one attached hydrogen (secondary N) is 1. The Bertz CT molecular complexity index is 1450. The van der Waals surface area contributed by atoms with E-state index in [4.69, 9.17) is 34.6 Å². The molecule has 0 fully saturated rings. The molecule has 1 aliphatic heterocycles. The Kier molecular flexibility index (Phi) is 10.3. The Labute approximate surface area is 244 Å². The summed E-state index contributed by atoms with van der Waals surface area (Å²) in [5, 5.41) is 15.8. The SMILES string of the molecule is COc1ccc(CNC(=O)[C@]2(Cc3ccccc3CN=[N+]=[N-])N=C(c3ccc(OCCCO)cc3)O[C@@H]2C)c(OC)c1. The molecule has 42 heavy (non-hydrogen) atoms. The van der Waals surface area contributed by atoms with Gasteiger partial charge in [0.25, 0.3) is 5.91 Å². The molecule has 0 aromatic heterocycles. The molecule has 0 radical (unpaired) electrons. The van der Waals surface area contributed by atoms with Crippen LogP contribution in [0.2, 0.25) is 0 Å². The zero-order valence-electron chi connectivity index (χ0n) is 23.9. The number of carbonyl (C=O) groups is 1. The van der Waals surface area contributed by atoms with Gasteiger partial charge in [0, 0.05) is 48.1 Å². The van der Waals surface area contributed by atoms with Gasteiger partial charge in [0.1, 0.15) is 23.4 Å². The highest BCUT2D eigenvalue weighted by atomic mass is 16.5. The first-order chi connectivity index (χ1) is 20.4. The third-order valence-electron chi connectivity index (χ3n) is 7.14. The van der Waals surface area contributed by atoms with Gasteiger partial charge in [-0.15, -0.1) is 0 Å². The lowest BCUT2D eigenvalue weighted by Gasteiger charge is -2.29. The van der Waals surface area contributed by atoms with Crippen LogP contribution >= 0.6 is 0 Å². The minimum atomic E-state index is -1.31. The zero-order chi connectivity index (χ0) is 30.0. The molecule has 11 nitrogen and oxygen atoms in total. The normalized spacial score (nSPS) is 17.4. The van der Waals surface area contributed by atoms with Crippen LogP contribution in [-0.2, 0) is 29.0 Å². The topological polar surface area (TPSA) is 147 Å². The van der Waals surface area contributed by atoms with Crippen molar-refractivity contribution in [2.45, 2.75) is 44.5 Å². The van der Waals surface area contributed by atoms with Gasteiger partial charge in [0.05, 0.1) is 27.4 Å². The van der Waals surface area contributed by atoms with Gasteiger partial charge in [-0.25, -0.2) is 4.99 Å². The van der Waals surface area contributed by atoms with Crippen LogP contribution < -0.4 is 19.5 Å². The summed E-state index contributed by atoms with van der Waals surface area (Å²) in [6, 6.07) is 20.2. The first-order valence-electron chi connectivity index (χ1n) is 13.6. The molecule has 0 aliphatic carbocycles. The largest absolute Gasteiger partial charge is 0.497 e. The second-order valence-corrected chi connectivity index (χ2v) is 9.75. The fraction of sp³-hybridized carbons (Fsp3) is 0.355. The van der Waals surface area contributed by atoms with Crippen LogP contribution in [0, 0.1) is 0 Å². The number of aliphatic imine (C=N–C) groups is 1. The second kappa shape index (κ2) is 14.2. The van der Waals surface area contributed by atoms with E-state index in [-0.39, 0.29) is 32.0 Å². The molecule has 220 valence electrons. The Morgan fingerprint density at radius 3 is 2.50 bits per heavy atom. The van der Waals surface area contributed by atoms with Crippen molar-refractivity contribution in [3.8, 4) is 17.2 Å². The highest BCUT2D eigenvalue weighted by Gasteiger charge is 2.50. The summed E-state index contributed by atoms with van der Waals surface area (Å²) in [4.78, 5) is 21.9. The Balaban J connectivity index is 1.67. The van der Waals surface area contributed by atoms with Gasteiger partial charge in [0.15, 0.2) is 5.54 Å². The number of ether oxygens (including phenoxy) is 4. The summed E-state index contributed by atoms with van der Waals surface area (Å²) in [6.07, 6.45) is 0.150. The van der Waals surface area contributed by atoms with Crippen LogP contribution in [0.15, 0.2) is 76.8 Å². The van der Waals surface area contributed by atoms with E-state index in [1.807, 2.05) is 49.4 Å². The van der Waals surface area contributed by atoms with Crippen molar-refractivity contribution in [1.82, 2.24) is 5.32 Å². The van der Waals surface area contributed by atoms with Crippen LogP contribution in [0.3, 0.4) is 0 Å². The Morgan fingerprint density at radius 1 is 1.07 bits per heavy atom. The van der Waals surface area contributed by atoms with E-state index in [0.717, 1.165) is 16.7 Å². The predicted octanol–water partition coefficient (Wildman–Crippen LogP) is 4.74. The number of methoxy groups -OCH3 is 2. The maximum atomic E-state index is 14.1. The quantitative estimate of drug-likeness (QED) is 0.123. The Hall–Kier alpha value is -4.73. The van der Waals surface area contributed by atoms with E-state index in [9.17, 15) is 4.79 Å². The van der Waals surface area contributed by atoms with E-state index >= 15 is 0 Å². The summed E-state index contributed by atoms with van der Waals surface area (Å²) in [5.74, 6) is 1.92. The van der Waals surface area contributed by atoms with Crippen molar-refractivity contribution in [3.05, 3.63) is 99.4 Å². The maximum Gasteiger partial charge on any atom is 0.252 e. The van der Waals surface area contributed by atoms with Crippen molar-refractivity contribution >= 4 is 11.8 Å². The van der Waals surface area contributed by atoms with Gasteiger partial charge < -0.3 is 29.4 Å². The number of amides is 1. The second-order valence-electron chi connectivity index (χ2n) is 9.75. The molecule has 0 spiro atoms. The van der Waals surface area contributed by atoms with Crippen LogP contribution in [-0.4, -0.2) is 56.0 Å². The monoisotopic (exact) mass is 573 g/mol. The molecule has 3 aromatic carbocycles. The lowest BCUT2D eigenvalue weighted by atomic mass is 9.84. The van der Waals surface area contributed by atoms with E-state index in [1.165, 1.54) is 0 Å². The van der Waals surface area contributed by atoms with Crippen molar-refractivity contribution < 1.29 is 28.8 Å². The number of nitrogens with zero attached hydrogens (tertiary/aromatic N) is 4. The molecular formula is C31H35N5O6. The van der Waals surface area contributed by atoms with Gasteiger partial charge in [-0.3, -0.25) is 4.79 Å². The molecular weight excluding hydrogens is 538 g/mol. The van der Waals surface area contributed by atoms with E-state index < -0.39 is 11.6 Å². The summed E-state index contributed by atoms with van der Waals surface area (Å²) in [7, 11) is 3.14. The van der Waals surface area contributed by atoms with Crippen LogP contribution in [0.1, 0.15) is 35.6 Å². The number of hydrogen-bond acceptors (Lipinski definition) is 8. The van der Waals surface area contributed by atoms with Crippen molar-refractivity contribution in [1.29, 1.82) is 0 Å². The van der Waals surface area contributed by atoms with E-state index in [1.54, 1.807) is 38.5 Å². The van der Waals surface area contributed by atoms with Gasteiger partial charge in [-0.05, 0) is 60.0 Å². The average Bonchev–Trinajstić information content (AvgIpc) is 3.36. The number of hydrogen-bond donors (Lipinski definition) is 2. The zero-order valence-corrected chi connectivity index (χ0v) is 23.9. The van der Waals surface area contributed by atoms with Crippen molar-refractivity contribution in [3.63, 3.8) is 0 Å². The van der Waals surface area contributed by atoms with Gasteiger partial charge in [0.2, 0.25) is 5.90 Å². The van der Waals surface area contributed by atoms with E-state index in [0.29, 0.717) is 41.7 Å². The molecule has 2 N–H and O–H groups in total. The molecule has 4 rings (SSSR count). The lowest BCUT2D eigenvalue weighted by molar-refractivity contribution is -0.128. The molecule has 0 saturated heterocycles. The molecule has 1 aliphatic rings. The first kappa shape index (κ1) is 30.2. The number of benzene rings is 3. The number of aliphatic hydroxyl groups excluding tert-OH is 1. The molecule has 0 saturated carbocycles. The lowest BCUT2D eigenvalue weighted by Crippen LogP contribution is -2.52. The highest BCUT2D eigenvalue weighted by molar-refractivity contribution is 6.01. The third kappa shape index (κ3) is 6.94. The van der Waals surface area contributed by atoms with Gasteiger partial charge >= 0.3 is 0 Å². The van der Waals surface area contributed by atoms with Crippen LogP contribution in [0.5, 0.6) is 17.2 Å². The van der Waals surface area contributed by atoms with E-state index in [2.05, 4.69) is 15.3 Å². The van der Waals surface area contributed by atoms with Gasteiger partial charge in [-0.2, -0.15) is 0 Å². The molecule has 11 heteroatoms. The smallest absolute Gasteiger partial charge is 0.252 e. The maximum absolute atomic E-state index is 14.1. The average molecular weight is 574 g/mol. The summed E-state index contributed by atoms with van der Waals surface area (Å²) in [6.45, 7) is 2.64. The van der Waals surface area contributed by atoms with Crippen LogP contribution in [0.25, 0.3) is 10.4 Å². The minimum Gasteiger partial charge on any atom is -0.497 e. The van der Waals surface area contributed by atoms with Gasteiger partial charge in [-0.1, -0.05) is 29.4 Å². The fourth-order valence-electron chi connectivity index (χ4n) is 4.75. The fourth-order valence-corrected chi connectivity index (χ4v) is 4.75. The predicted molar refractivity (Wildman–Crippen MR) is 158 cm³/mol. The first-order valence-corrected chi connectivity index (χ1v) is 13.6. The molecule has 0 bridgehead atoms. The molecule has 1 heterocycles. The number of aliphatic hydroxyl groups is 1. The summed E-state index contributed by atoms with van der Waals surface area (Å²) < 4.78 is 22.7. The standard InChI is InChI=1S/C31H35N5O6/c1-21-31(18-23-7-4-5-8-24(23)20-34-36-32,30(38)33-19-25-11-14-27(39-2)17-28(25)40-3)35-29(42-21)22-9-12-26(13-10-22)41-16-6-15-37/h4-5,7-14,17,21,37H,6,15-16,18-20H2,1-3H3,(H,33,38)/t21-,31-/m1/s1. The molecule has 0 unspecified atom stereocenters. The Morgan fingerprint density at radius 2 is 1.81 bits per heavy atom. The summed E-state index contributed by atoms with van der Waals surface area (Å²) >= 11 is 0. The molecule has 2 atom stereocenters. The molecule has 1 amide bonds. The van der Waals surface area contributed by atoms with Crippen molar-refractivity contribution in [2.24, 2.45) is 10.1 Å². The minimum absolute atomic E-state index is 0.0575. The summed E-state index contributed by atoms with van der Waals surface area (Å²) in [5.41, 5.74) is 10.7.